The highest BCUT2D eigenvalue weighted by Gasteiger charge is 2.14. The van der Waals surface area contributed by atoms with Gasteiger partial charge in [0.25, 0.3) is 0 Å². The van der Waals surface area contributed by atoms with Crippen LogP contribution in [0, 0.1) is 5.82 Å². The van der Waals surface area contributed by atoms with Crippen molar-refractivity contribution >= 4 is 17.1 Å². The molecule has 0 fully saturated rings. The van der Waals surface area contributed by atoms with Crippen LogP contribution in [0.15, 0.2) is 41.8 Å². The average molecular weight is 305 g/mol. The summed E-state index contributed by atoms with van der Waals surface area (Å²) in [4.78, 5) is 15.7. The molecule has 2 nitrogen and oxygen atoms in total. The summed E-state index contributed by atoms with van der Waals surface area (Å²) in [5, 5.41) is 2.06. The van der Waals surface area contributed by atoms with E-state index in [0.29, 0.717) is 24.6 Å². The van der Waals surface area contributed by atoms with Gasteiger partial charge in [0, 0.05) is 36.0 Å². The van der Waals surface area contributed by atoms with Crippen molar-refractivity contribution in [2.45, 2.75) is 32.9 Å². The first kappa shape index (κ1) is 15.9. The molecule has 0 radical (unpaired) electrons. The molecule has 1 heterocycles. The number of benzene rings is 1. The molecule has 2 aromatic rings. The van der Waals surface area contributed by atoms with E-state index >= 15 is 0 Å². The average Bonchev–Trinajstić information content (AvgIpc) is 2.95. The van der Waals surface area contributed by atoms with Gasteiger partial charge in [-0.05, 0) is 37.4 Å². The van der Waals surface area contributed by atoms with E-state index in [1.165, 1.54) is 17.0 Å². The number of carbonyl (C=O) groups excluding carboxylic acids is 1. The van der Waals surface area contributed by atoms with Gasteiger partial charge in [-0.25, -0.2) is 4.39 Å². The number of thiophene rings is 1. The number of hydrogen-bond donors (Lipinski definition) is 0. The van der Waals surface area contributed by atoms with Crippen LogP contribution >= 0.6 is 11.3 Å². The van der Waals surface area contributed by atoms with Crippen molar-refractivity contribution in [2.75, 3.05) is 6.54 Å². The second-order valence-corrected chi connectivity index (χ2v) is 6.36. The fraction of sp³-hybridized carbons (Fsp3) is 0.353. The summed E-state index contributed by atoms with van der Waals surface area (Å²) in [5.74, 6) is -0.369. The predicted molar refractivity (Wildman–Crippen MR) is 85.2 cm³/mol. The minimum atomic E-state index is -0.361. The van der Waals surface area contributed by atoms with Crippen molar-refractivity contribution < 1.29 is 9.18 Å². The maximum Gasteiger partial charge on any atom is 0.164 e. The third-order valence-corrected chi connectivity index (χ3v) is 4.30. The summed E-state index contributed by atoms with van der Waals surface area (Å²) in [6, 6.07) is 10.4. The Morgan fingerprint density at radius 2 is 2.10 bits per heavy atom. The molecule has 0 saturated heterocycles. The monoisotopic (exact) mass is 305 g/mol. The first-order chi connectivity index (χ1) is 10.1. The number of rotatable bonds is 7. The van der Waals surface area contributed by atoms with Gasteiger partial charge in [-0.15, -0.1) is 11.3 Å². The lowest BCUT2D eigenvalue weighted by molar-refractivity contribution is 0.0952. The maximum atomic E-state index is 13.1. The minimum absolute atomic E-state index is 0.00803. The number of ketones is 1. The van der Waals surface area contributed by atoms with Gasteiger partial charge in [0.05, 0.1) is 0 Å². The first-order valence-electron chi connectivity index (χ1n) is 7.11. The molecule has 21 heavy (non-hydrogen) atoms. The predicted octanol–water partition coefficient (Wildman–Crippen LogP) is 4.37. The van der Waals surface area contributed by atoms with E-state index in [-0.39, 0.29) is 11.6 Å². The molecule has 0 spiro atoms. The molecular weight excluding hydrogens is 285 g/mol. The number of nitrogens with zero attached hydrogens (tertiary/aromatic N) is 1. The van der Waals surface area contributed by atoms with Crippen LogP contribution in [-0.4, -0.2) is 23.3 Å². The highest BCUT2D eigenvalue weighted by atomic mass is 32.1. The smallest absolute Gasteiger partial charge is 0.164 e. The van der Waals surface area contributed by atoms with Crippen molar-refractivity contribution in [2.24, 2.45) is 0 Å². The van der Waals surface area contributed by atoms with Gasteiger partial charge < -0.3 is 0 Å². The van der Waals surface area contributed by atoms with E-state index in [2.05, 4.69) is 30.2 Å². The Kier molecular flexibility index (Phi) is 5.65. The third kappa shape index (κ3) is 4.76. The van der Waals surface area contributed by atoms with Crippen LogP contribution in [0.3, 0.4) is 0 Å². The Morgan fingerprint density at radius 3 is 2.71 bits per heavy atom. The molecular formula is C17H20FNOS. The number of carbonyl (C=O) groups is 1. The molecule has 0 amide bonds. The van der Waals surface area contributed by atoms with E-state index in [1.54, 1.807) is 23.5 Å². The highest BCUT2D eigenvalue weighted by molar-refractivity contribution is 7.09. The molecule has 0 atom stereocenters. The minimum Gasteiger partial charge on any atom is -0.295 e. The summed E-state index contributed by atoms with van der Waals surface area (Å²) in [5.41, 5.74) is 0.454. The summed E-state index contributed by atoms with van der Waals surface area (Å²) in [6.45, 7) is 5.79. The van der Waals surface area contributed by atoms with Gasteiger partial charge in [0.15, 0.2) is 5.78 Å². The number of Topliss-reactive ketones (excluding diaryl/α,β-unsaturated/α-hetero) is 1. The normalized spacial score (nSPS) is 11.3. The molecule has 0 unspecified atom stereocenters. The van der Waals surface area contributed by atoms with Crippen molar-refractivity contribution in [3.8, 4) is 0 Å². The van der Waals surface area contributed by atoms with Gasteiger partial charge in [-0.3, -0.25) is 9.69 Å². The first-order valence-corrected chi connectivity index (χ1v) is 7.99. The quantitative estimate of drug-likeness (QED) is 0.708. The van der Waals surface area contributed by atoms with Crippen molar-refractivity contribution in [3.63, 3.8) is 0 Å². The Bertz CT molecular complexity index is 580. The van der Waals surface area contributed by atoms with E-state index in [9.17, 15) is 9.18 Å². The van der Waals surface area contributed by atoms with Gasteiger partial charge in [-0.1, -0.05) is 18.2 Å². The lowest BCUT2D eigenvalue weighted by atomic mass is 10.1. The van der Waals surface area contributed by atoms with E-state index in [0.717, 1.165) is 6.54 Å². The molecule has 112 valence electrons. The van der Waals surface area contributed by atoms with E-state index in [4.69, 9.17) is 0 Å². The zero-order valence-corrected chi connectivity index (χ0v) is 13.2. The number of halogens is 1. The lowest BCUT2D eigenvalue weighted by Gasteiger charge is -2.25. The molecule has 0 aliphatic carbocycles. The van der Waals surface area contributed by atoms with Crippen molar-refractivity contribution in [1.29, 1.82) is 0 Å². The molecule has 1 aromatic carbocycles. The molecule has 0 saturated carbocycles. The standard InChI is InChI=1S/C17H20FNOS/c1-13(2)19(12-16-7-4-10-21-16)9-8-17(20)14-5-3-6-15(18)11-14/h3-7,10-11,13H,8-9,12H2,1-2H3. The molecule has 0 bridgehead atoms. The summed E-state index contributed by atoms with van der Waals surface area (Å²) < 4.78 is 13.1. The highest BCUT2D eigenvalue weighted by Crippen LogP contribution is 2.15. The van der Waals surface area contributed by atoms with Crippen molar-refractivity contribution in [3.05, 3.63) is 58.0 Å². The second kappa shape index (κ2) is 7.48. The van der Waals surface area contributed by atoms with Gasteiger partial charge in [0.2, 0.25) is 0 Å². The van der Waals surface area contributed by atoms with Crippen LogP contribution in [0.4, 0.5) is 4.39 Å². The molecule has 2 rings (SSSR count). The van der Waals surface area contributed by atoms with Crippen LogP contribution < -0.4 is 0 Å². The fourth-order valence-electron chi connectivity index (χ4n) is 2.17. The SMILES string of the molecule is CC(C)N(CCC(=O)c1cccc(F)c1)Cc1cccs1. The summed E-state index contributed by atoms with van der Waals surface area (Å²) >= 11 is 1.73. The van der Waals surface area contributed by atoms with E-state index in [1.807, 2.05) is 6.07 Å². The van der Waals surface area contributed by atoms with Crippen LogP contribution in [0.5, 0.6) is 0 Å². The molecule has 1 aromatic heterocycles. The van der Waals surface area contributed by atoms with Crippen molar-refractivity contribution in [1.82, 2.24) is 4.90 Å². The third-order valence-electron chi connectivity index (χ3n) is 3.44. The van der Waals surface area contributed by atoms with Gasteiger partial charge >= 0.3 is 0 Å². The molecule has 4 heteroatoms. The summed E-state index contributed by atoms with van der Waals surface area (Å²) in [6.07, 6.45) is 0.410. The fourth-order valence-corrected chi connectivity index (χ4v) is 2.90. The van der Waals surface area contributed by atoms with Crippen LogP contribution in [0.25, 0.3) is 0 Å². The molecule has 0 N–H and O–H groups in total. The summed E-state index contributed by atoms with van der Waals surface area (Å²) in [7, 11) is 0. The Balaban J connectivity index is 1.94. The van der Waals surface area contributed by atoms with Gasteiger partial charge in [-0.2, -0.15) is 0 Å². The largest absolute Gasteiger partial charge is 0.295 e. The van der Waals surface area contributed by atoms with Gasteiger partial charge in [0.1, 0.15) is 5.82 Å². The van der Waals surface area contributed by atoms with Crippen LogP contribution in [-0.2, 0) is 6.54 Å². The molecule has 0 aliphatic rings. The zero-order chi connectivity index (χ0) is 15.2. The number of hydrogen-bond acceptors (Lipinski definition) is 3. The maximum absolute atomic E-state index is 13.1. The van der Waals surface area contributed by atoms with E-state index < -0.39 is 0 Å². The van der Waals surface area contributed by atoms with Crippen LogP contribution in [0.2, 0.25) is 0 Å². The van der Waals surface area contributed by atoms with Crippen LogP contribution in [0.1, 0.15) is 35.5 Å². The second-order valence-electron chi connectivity index (χ2n) is 5.33. The lowest BCUT2D eigenvalue weighted by Crippen LogP contribution is -2.32. The Labute approximate surface area is 129 Å². The Hall–Kier alpha value is -1.52. The molecule has 0 aliphatic heterocycles. The topological polar surface area (TPSA) is 20.3 Å². The Morgan fingerprint density at radius 1 is 1.29 bits per heavy atom. The zero-order valence-electron chi connectivity index (χ0n) is 12.4.